The maximum Gasteiger partial charge on any atom is 0.326 e. The molecule has 7 nitrogen and oxygen atoms in total. The van der Waals surface area contributed by atoms with E-state index in [0.29, 0.717) is 11.1 Å². The molecule has 0 aliphatic carbocycles. The second kappa shape index (κ2) is 7.87. The molecule has 0 radical (unpaired) electrons. The minimum absolute atomic E-state index is 0.357. The van der Waals surface area contributed by atoms with Gasteiger partial charge in [-0.3, -0.25) is 19.3 Å². The maximum absolute atomic E-state index is 12.8. The number of nitrogens with one attached hydrogen (secondary N) is 1. The summed E-state index contributed by atoms with van der Waals surface area (Å²) < 4.78 is 5.17. The van der Waals surface area contributed by atoms with Crippen molar-refractivity contribution in [1.29, 1.82) is 0 Å². The molecule has 1 saturated heterocycles. The second-order valence-corrected chi connectivity index (χ2v) is 7.17. The Balaban J connectivity index is 1.66. The first-order valence-corrected chi connectivity index (χ1v) is 9.22. The van der Waals surface area contributed by atoms with Gasteiger partial charge in [-0.1, -0.05) is 60.2 Å². The van der Waals surface area contributed by atoms with Gasteiger partial charge in [0.25, 0.3) is 5.91 Å². The largest absolute Gasteiger partial charge is 0.453 e. The molecule has 1 aliphatic rings. The van der Waals surface area contributed by atoms with Gasteiger partial charge in [0, 0.05) is 5.56 Å². The van der Waals surface area contributed by atoms with E-state index < -0.39 is 36.1 Å². The number of amides is 3. The topological polar surface area (TPSA) is 92.8 Å². The zero-order valence-electron chi connectivity index (χ0n) is 16.5. The summed E-state index contributed by atoms with van der Waals surface area (Å²) >= 11 is 0. The van der Waals surface area contributed by atoms with Crippen LogP contribution in [0.5, 0.6) is 0 Å². The SMILES string of the molecule is Cc1ccc(C(=O)[C@H](C)OC(=O)CN2C(=O)N[C@@](C)(c3ccccc3)C2=O)cc1. The summed E-state index contributed by atoms with van der Waals surface area (Å²) in [4.78, 5) is 50.6. The van der Waals surface area contributed by atoms with Crippen LogP contribution in [0.1, 0.15) is 35.3 Å². The van der Waals surface area contributed by atoms with Crippen LogP contribution >= 0.6 is 0 Å². The number of carbonyl (C=O) groups is 4. The third-order valence-corrected chi connectivity index (χ3v) is 4.93. The van der Waals surface area contributed by atoms with Gasteiger partial charge in [-0.25, -0.2) is 4.79 Å². The average Bonchev–Trinajstić information content (AvgIpc) is 2.92. The van der Waals surface area contributed by atoms with Crippen LogP contribution in [-0.4, -0.2) is 41.2 Å². The van der Waals surface area contributed by atoms with Crippen molar-refractivity contribution in [3.05, 3.63) is 71.3 Å². The van der Waals surface area contributed by atoms with Gasteiger partial charge >= 0.3 is 12.0 Å². The minimum Gasteiger partial charge on any atom is -0.453 e. The summed E-state index contributed by atoms with van der Waals surface area (Å²) in [5, 5.41) is 2.62. The number of rotatable bonds is 6. The number of benzene rings is 2. The smallest absolute Gasteiger partial charge is 0.326 e. The number of carbonyl (C=O) groups excluding carboxylic acids is 4. The number of hydrogen-bond donors (Lipinski definition) is 1. The van der Waals surface area contributed by atoms with E-state index in [2.05, 4.69) is 5.32 Å². The van der Waals surface area contributed by atoms with Crippen molar-refractivity contribution in [3.63, 3.8) is 0 Å². The molecule has 1 fully saturated rings. The molecule has 1 heterocycles. The van der Waals surface area contributed by atoms with Crippen molar-refractivity contribution in [2.75, 3.05) is 6.54 Å². The number of Topliss-reactive ketones (excluding diaryl/α,β-unsaturated/α-hetero) is 1. The fourth-order valence-corrected chi connectivity index (χ4v) is 3.18. The van der Waals surface area contributed by atoms with Crippen LogP contribution in [0.2, 0.25) is 0 Å². The molecule has 7 heteroatoms. The van der Waals surface area contributed by atoms with Gasteiger partial charge in [-0.2, -0.15) is 0 Å². The molecule has 3 rings (SSSR count). The Kier molecular flexibility index (Phi) is 5.50. The monoisotopic (exact) mass is 394 g/mol. The zero-order chi connectivity index (χ0) is 21.2. The molecule has 0 aromatic heterocycles. The number of urea groups is 1. The summed E-state index contributed by atoms with van der Waals surface area (Å²) in [5.41, 5.74) is 0.771. The van der Waals surface area contributed by atoms with Crippen LogP contribution in [-0.2, 0) is 19.9 Å². The van der Waals surface area contributed by atoms with Gasteiger partial charge < -0.3 is 10.1 Å². The summed E-state index contributed by atoms with van der Waals surface area (Å²) in [7, 11) is 0. The second-order valence-electron chi connectivity index (χ2n) is 7.17. The number of imide groups is 1. The predicted molar refractivity (Wildman–Crippen MR) is 105 cm³/mol. The van der Waals surface area contributed by atoms with Crippen molar-refractivity contribution < 1.29 is 23.9 Å². The Labute approximate surface area is 168 Å². The molecular weight excluding hydrogens is 372 g/mol. The van der Waals surface area contributed by atoms with Crippen molar-refractivity contribution in [2.24, 2.45) is 0 Å². The van der Waals surface area contributed by atoms with Crippen LogP contribution in [0.4, 0.5) is 4.79 Å². The van der Waals surface area contributed by atoms with E-state index in [1.54, 1.807) is 61.5 Å². The molecule has 1 aliphatic heterocycles. The average molecular weight is 394 g/mol. The van der Waals surface area contributed by atoms with E-state index in [4.69, 9.17) is 4.74 Å². The zero-order valence-corrected chi connectivity index (χ0v) is 16.5. The summed E-state index contributed by atoms with van der Waals surface area (Å²) in [6.07, 6.45) is -1.04. The summed E-state index contributed by atoms with van der Waals surface area (Å²) in [6, 6.07) is 15.0. The van der Waals surface area contributed by atoms with E-state index >= 15 is 0 Å². The molecule has 3 amide bonds. The van der Waals surface area contributed by atoms with E-state index in [1.807, 2.05) is 6.92 Å². The molecule has 29 heavy (non-hydrogen) atoms. The number of nitrogens with zero attached hydrogens (tertiary/aromatic N) is 1. The lowest BCUT2D eigenvalue weighted by atomic mass is 9.92. The third-order valence-electron chi connectivity index (χ3n) is 4.93. The Morgan fingerprint density at radius 1 is 1.07 bits per heavy atom. The van der Waals surface area contributed by atoms with E-state index in [1.165, 1.54) is 6.92 Å². The molecule has 0 saturated carbocycles. The van der Waals surface area contributed by atoms with Crippen molar-refractivity contribution >= 4 is 23.7 Å². The summed E-state index contributed by atoms with van der Waals surface area (Å²) in [5.74, 6) is -1.74. The molecular formula is C22H22N2O5. The van der Waals surface area contributed by atoms with Gasteiger partial charge in [0.2, 0.25) is 5.78 Å². The Hall–Kier alpha value is -3.48. The van der Waals surface area contributed by atoms with Crippen LogP contribution in [0.3, 0.4) is 0 Å². The first kappa shape index (κ1) is 20.3. The van der Waals surface area contributed by atoms with E-state index in [0.717, 1.165) is 10.5 Å². The number of ether oxygens (including phenoxy) is 1. The van der Waals surface area contributed by atoms with Gasteiger partial charge in [-0.05, 0) is 26.3 Å². The molecule has 0 spiro atoms. The lowest BCUT2D eigenvalue weighted by Gasteiger charge is -2.22. The number of aryl methyl sites for hydroxylation is 1. The van der Waals surface area contributed by atoms with E-state index in [9.17, 15) is 19.2 Å². The summed E-state index contributed by atoms with van der Waals surface area (Å²) in [6.45, 7) is 4.37. The van der Waals surface area contributed by atoms with Gasteiger partial charge in [0.05, 0.1) is 0 Å². The Bertz CT molecular complexity index is 955. The van der Waals surface area contributed by atoms with Crippen molar-refractivity contribution in [2.45, 2.75) is 32.4 Å². The first-order valence-electron chi connectivity index (χ1n) is 9.22. The number of ketones is 1. The molecule has 0 bridgehead atoms. The Morgan fingerprint density at radius 2 is 1.69 bits per heavy atom. The first-order chi connectivity index (χ1) is 13.7. The lowest BCUT2D eigenvalue weighted by molar-refractivity contribution is -0.149. The molecule has 2 aromatic carbocycles. The van der Waals surface area contributed by atoms with Crippen LogP contribution in [0.15, 0.2) is 54.6 Å². The van der Waals surface area contributed by atoms with Crippen LogP contribution in [0.25, 0.3) is 0 Å². The fraction of sp³-hybridized carbons (Fsp3) is 0.273. The minimum atomic E-state index is -1.26. The highest BCUT2D eigenvalue weighted by molar-refractivity contribution is 6.09. The van der Waals surface area contributed by atoms with Crippen LogP contribution < -0.4 is 5.32 Å². The normalized spacial score (nSPS) is 19.6. The number of hydrogen-bond acceptors (Lipinski definition) is 5. The molecule has 2 aromatic rings. The molecule has 1 N–H and O–H groups in total. The lowest BCUT2D eigenvalue weighted by Crippen LogP contribution is -2.42. The van der Waals surface area contributed by atoms with Crippen LogP contribution in [0, 0.1) is 6.92 Å². The highest BCUT2D eigenvalue weighted by Gasteiger charge is 2.49. The number of esters is 1. The van der Waals surface area contributed by atoms with Crippen molar-refractivity contribution in [1.82, 2.24) is 10.2 Å². The standard InChI is InChI=1S/C22H22N2O5/c1-14-9-11-16(12-10-14)19(26)15(2)29-18(25)13-24-20(27)22(3,23-21(24)28)17-7-5-4-6-8-17/h4-12,15H,13H2,1-3H3,(H,23,28)/t15-,22-/m0/s1. The molecule has 2 atom stereocenters. The highest BCUT2D eigenvalue weighted by atomic mass is 16.5. The quantitative estimate of drug-likeness (QED) is 0.462. The highest BCUT2D eigenvalue weighted by Crippen LogP contribution is 2.28. The van der Waals surface area contributed by atoms with Crippen molar-refractivity contribution in [3.8, 4) is 0 Å². The van der Waals surface area contributed by atoms with Gasteiger partial charge in [0.1, 0.15) is 12.1 Å². The molecule has 0 unspecified atom stereocenters. The third kappa shape index (κ3) is 4.03. The fourth-order valence-electron chi connectivity index (χ4n) is 3.18. The van der Waals surface area contributed by atoms with E-state index in [-0.39, 0.29) is 5.78 Å². The predicted octanol–water partition coefficient (Wildman–Crippen LogP) is 2.58. The van der Waals surface area contributed by atoms with Gasteiger partial charge in [-0.15, -0.1) is 0 Å². The molecule has 150 valence electrons. The Morgan fingerprint density at radius 3 is 2.31 bits per heavy atom. The maximum atomic E-state index is 12.8. The van der Waals surface area contributed by atoms with Gasteiger partial charge in [0.15, 0.2) is 6.10 Å².